The first-order valence-electron chi connectivity index (χ1n) is 30.8. The highest BCUT2D eigenvalue weighted by atomic mass is 32.1. The average Bonchev–Trinajstić information content (AvgIpc) is 1.60. The number of ether oxygens (including phenoxy) is 9. The van der Waals surface area contributed by atoms with Crippen LogP contribution in [0.5, 0.6) is 0 Å². The summed E-state index contributed by atoms with van der Waals surface area (Å²) in [5.74, 6) is -0.00741. The molecule has 0 bridgehead atoms. The van der Waals surface area contributed by atoms with Gasteiger partial charge in [-0.05, 0) is 93.7 Å². The summed E-state index contributed by atoms with van der Waals surface area (Å²) >= 11 is 4.82. The van der Waals surface area contributed by atoms with Crippen LogP contribution in [-0.4, -0.2) is 159 Å². The minimum absolute atomic E-state index is 0.00741. The number of hydrogen-bond acceptors (Lipinski definition) is 19. The molecular formula is C70H76N8O12S. The zero-order valence-electron chi connectivity index (χ0n) is 50.9. The Morgan fingerprint density at radius 3 is 1.95 bits per heavy atom. The fourth-order valence-corrected chi connectivity index (χ4v) is 11.6. The molecule has 0 radical (unpaired) electrons. The number of aliphatic imine (C=N–C) groups is 1. The van der Waals surface area contributed by atoms with E-state index in [2.05, 4.69) is 93.5 Å². The molecule has 0 spiro atoms. The molecule has 474 valence electrons. The predicted molar refractivity (Wildman–Crippen MR) is 351 cm³/mol. The second kappa shape index (κ2) is 33.2. The van der Waals surface area contributed by atoms with E-state index >= 15 is 0 Å². The summed E-state index contributed by atoms with van der Waals surface area (Å²) in [4.78, 5) is 27.5. The minimum Gasteiger partial charge on any atom is -0.428 e. The quantitative estimate of drug-likeness (QED) is 0.0128. The van der Waals surface area contributed by atoms with Gasteiger partial charge in [0, 0.05) is 40.9 Å². The number of carbonyl (C=O) groups excluding carboxylic acids is 1. The fourth-order valence-electron chi connectivity index (χ4n) is 11.5. The molecule has 0 saturated heterocycles. The molecule has 1 amide bonds. The summed E-state index contributed by atoms with van der Waals surface area (Å²) in [7, 11) is 0. The van der Waals surface area contributed by atoms with Crippen LogP contribution in [0.2, 0.25) is 0 Å². The number of isothiocyanates is 1. The standard InChI is InChI=1S/C70H76N8O12S/c1-51-67-59-15-4-2-13-53(59)46-76(64-20-10-7-17-61(64)68(51)67)66(79)26-28-81-30-32-83-36-38-87-48-57(49-88-39-37-84-34-35-86-41-43-90-72-44-54-47-77(80)65-21-11-6-14-58(54)65)89-42-40-85-33-31-82-29-27-75-45-52-12-3-5-16-60(52)70-69(62-18-8-9-19-63(62)75)73-74-78(70)56-24-22-55(23-25-56)71-50-91/h2-25,44,47,57,69-70,80H,1,26-43,45-46,48-49H2/b72-44+. The van der Waals surface area contributed by atoms with Crippen LogP contribution in [0, 0.1) is 0 Å². The van der Waals surface area contributed by atoms with Crippen molar-refractivity contribution in [2.45, 2.75) is 37.7 Å². The Kier molecular flexibility index (Phi) is 23.4. The largest absolute Gasteiger partial charge is 0.428 e. The average molecular weight is 1250 g/mol. The maximum atomic E-state index is 13.8. The summed E-state index contributed by atoms with van der Waals surface area (Å²) in [5, 5.41) is 29.0. The van der Waals surface area contributed by atoms with Gasteiger partial charge in [0.15, 0.2) is 0 Å². The van der Waals surface area contributed by atoms with Gasteiger partial charge in [-0.1, -0.05) is 120 Å². The second-order valence-electron chi connectivity index (χ2n) is 21.8. The van der Waals surface area contributed by atoms with Gasteiger partial charge in [-0.15, -0.1) is 0 Å². The van der Waals surface area contributed by atoms with Crippen molar-refractivity contribution < 1.29 is 57.5 Å². The van der Waals surface area contributed by atoms with Crippen molar-refractivity contribution in [2.24, 2.45) is 20.5 Å². The molecule has 21 heteroatoms. The van der Waals surface area contributed by atoms with Crippen LogP contribution in [0.3, 0.4) is 0 Å². The molecule has 0 fully saturated rings. The third-order valence-corrected chi connectivity index (χ3v) is 16.0. The lowest BCUT2D eigenvalue weighted by molar-refractivity contribution is -0.120. The van der Waals surface area contributed by atoms with Crippen LogP contribution in [0.25, 0.3) is 22.0 Å². The number of aromatic nitrogens is 1. The molecule has 11 rings (SSSR count). The van der Waals surface area contributed by atoms with Crippen molar-refractivity contribution in [1.82, 2.24) is 4.73 Å². The molecule has 6 aromatic carbocycles. The Balaban J connectivity index is 0.581. The zero-order valence-corrected chi connectivity index (χ0v) is 51.7. The van der Waals surface area contributed by atoms with Crippen molar-refractivity contribution >= 4 is 74.3 Å². The summed E-state index contributed by atoms with van der Waals surface area (Å²) in [6, 6.07) is 48.2. The smallest absolute Gasteiger partial charge is 0.229 e. The van der Waals surface area contributed by atoms with E-state index in [0.717, 1.165) is 71.8 Å². The Labute approximate surface area is 535 Å². The maximum Gasteiger partial charge on any atom is 0.229 e. The topological polar surface area (TPSA) is 194 Å². The molecule has 1 aliphatic carbocycles. The number of anilines is 3. The fraction of sp³-hybridized carbons (Fsp3) is 0.357. The Hall–Kier alpha value is -8.28. The third kappa shape index (κ3) is 16.8. The first-order valence-corrected chi connectivity index (χ1v) is 31.3. The highest BCUT2D eigenvalue weighted by molar-refractivity contribution is 7.78. The van der Waals surface area contributed by atoms with Crippen molar-refractivity contribution in [3.8, 4) is 0 Å². The van der Waals surface area contributed by atoms with Crippen LogP contribution in [0.15, 0.2) is 184 Å². The minimum atomic E-state index is -0.373. The lowest BCUT2D eigenvalue weighted by Crippen LogP contribution is -2.33. The van der Waals surface area contributed by atoms with E-state index in [1.165, 1.54) is 16.7 Å². The highest BCUT2D eigenvalue weighted by Gasteiger charge is 2.41. The van der Waals surface area contributed by atoms with E-state index in [1.807, 2.05) is 88.8 Å². The van der Waals surface area contributed by atoms with E-state index in [-0.39, 0.29) is 56.9 Å². The van der Waals surface area contributed by atoms with Gasteiger partial charge in [-0.2, -0.15) is 14.8 Å². The molecule has 4 heterocycles. The molecule has 4 aliphatic rings. The Morgan fingerprint density at radius 2 is 1.21 bits per heavy atom. The van der Waals surface area contributed by atoms with Crippen LogP contribution in [-0.2, 0) is 65.4 Å². The predicted octanol–water partition coefficient (Wildman–Crippen LogP) is 11.6. The maximum absolute atomic E-state index is 13.8. The number of oxime groups is 1. The van der Waals surface area contributed by atoms with E-state index < -0.39 is 0 Å². The molecule has 7 aromatic rings. The van der Waals surface area contributed by atoms with Crippen molar-refractivity contribution in [2.75, 3.05) is 140 Å². The van der Waals surface area contributed by atoms with Gasteiger partial charge >= 0.3 is 0 Å². The lowest BCUT2D eigenvalue weighted by Gasteiger charge is -2.35. The van der Waals surface area contributed by atoms with Gasteiger partial charge in [0.2, 0.25) is 5.91 Å². The number of rotatable bonds is 36. The Morgan fingerprint density at radius 1 is 0.626 bits per heavy atom. The second-order valence-corrected chi connectivity index (χ2v) is 22.0. The molecule has 20 nitrogen and oxygen atoms in total. The summed E-state index contributed by atoms with van der Waals surface area (Å²) < 4.78 is 54.4. The molecule has 3 aliphatic heterocycles. The molecule has 1 N–H and O–H groups in total. The molecule has 0 saturated carbocycles. The number of carbonyl (C=O) groups is 1. The van der Waals surface area contributed by atoms with Gasteiger partial charge < -0.3 is 62.5 Å². The van der Waals surface area contributed by atoms with Crippen LogP contribution >= 0.6 is 12.2 Å². The number of thiocarbonyl (C=S) groups is 1. The first kappa shape index (κ1) is 64.3. The number of allylic oxidation sites excluding steroid dienone is 3. The summed E-state index contributed by atoms with van der Waals surface area (Å²) in [5.41, 5.74) is 15.2. The molecule has 1 aromatic heterocycles. The van der Waals surface area contributed by atoms with E-state index in [0.29, 0.717) is 118 Å². The van der Waals surface area contributed by atoms with Crippen molar-refractivity contribution in [3.05, 3.63) is 203 Å². The highest BCUT2D eigenvalue weighted by Crippen LogP contribution is 2.56. The van der Waals surface area contributed by atoms with Crippen LogP contribution < -0.4 is 14.8 Å². The van der Waals surface area contributed by atoms with Gasteiger partial charge in [0.25, 0.3) is 0 Å². The molecule has 91 heavy (non-hydrogen) atoms. The lowest BCUT2D eigenvalue weighted by atomic mass is 9.87. The van der Waals surface area contributed by atoms with Crippen molar-refractivity contribution in [3.63, 3.8) is 0 Å². The van der Waals surface area contributed by atoms with Gasteiger partial charge in [0.05, 0.1) is 165 Å². The van der Waals surface area contributed by atoms with Crippen LogP contribution in [0.1, 0.15) is 57.4 Å². The number of nitrogens with zero attached hydrogens (tertiary/aromatic N) is 8. The molecule has 3 atom stereocenters. The third-order valence-electron chi connectivity index (χ3n) is 15.9. The Bertz CT molecular complexity index is 3700. The number of para-hydroxylation sites is 3. The van der Waals surface area contributed by atoms with Gasteiger partial charge in [-0.3, -0.25) is 4.79 Å². The van der Waals surface area contributed by atoms with Crippen molar-refractivity contribution in [1.29, 1.82) is 0 Å². The van der Waals surface area contributed by atoms with Gasteiger partial charge in [0.1, 0.15) is 24.8 Å². The summed E-state index contributed by atoms with van der Waals surface area (Å²) in [6.07, 6.45) is 3.01. The SMILES string of the molecule is C=C1C2=C1c1ccccc1N(C(=O)CCOCCOCCOCC(COCCOCCOCCO/N=C/c1cn(O)c3ccccc13)OCCOCCOCCN1Cc3ccccc3C3C(N=NN3c3ccc(N=C=S)cc3)c3ccccc31)Cc1ccccc12. The van der Waals surface area contributed by atoms with E-state index in [1.54, 1.807) is 12.4 Å². The number of amides is 1. The summed E-state index contributed by atoms with van der Waals surface area (Å²) in [6.45, 7) is 12.4. The normalized spacial score (nSPS) is 15.9. The zero-order chi connectivity index (χ0) is 62.4. The van der Waals surface area contributed by atoms with Gasteiger partial charge in [-0.25, -0.2) is 5.01 Å². The van der Waals surface area contributed by atoms with E-state index in [9.17, 15) is 10.0 Å². The number of hydrogen-bond donors (Lipinski definition) is 1. The number of fused-ring (bicyclic) bond motifs is 10. The monoisotopic (exact) mass is 1250 g/mol. The van der Waals surface area contributed by atoms with Crippen LogP contribution in [0.4, 0.5) is 22.7 Å². The number of benzene rings is 6. The molecular weight excluding hydrogens is 1180 g/mol. The molecule has 3 unspecified atom stereocenters. The van der Waals surface area contributed by atoms with E-state index in [4.69, 9.17) is 70.0 Å². The first-order chi connectivity index (χ1) is 44.9.